The summed E-state index contributed by atoms with van der Waals surface area (Å²) in [7, 11) is 0. The number of benzene rings is 3. The fraction of sp³-hybridized carbons (Fsp3) is 0.233. The molecule has 0 N–H and O–H groups in total. The largest absolute Gasteiger partial charge is 0.320 e. The molecule has 166 valence electrons. The summed E-state index contributed by atoms with van der Waals surface area (Å²) in [5.74, 6) is 1.93. The monoisotopic (exact) mass is 433 g/mol. The van der Waals surface area contributed by atoms with Crippen molar-refractivity contribution in [3.8, 4) is 11.1 Å². The Morgan fingerprint density at radius 1 is 0.667 bits per heavy atom. The Balaban J connectivity index is 1.61. The van der Waals surface area contributed by atoms with Crippen LogP contribution in [0.5, 0.6) is 0 Å². The van der Waals surface area contributed by atoms with Crippen LogP contribution in [0, 0.1) is 0 Å². The number of rotatable bonds is 5. The van der Waals surface area contributed by atoms with Gasteiger partial charge in [0.25, 0.3) is 0 Å². The summed E-state index contributed by atoms with van der Waals surface area (Å²) in [6, 6.07) is 30.5. The molecular formula is C30H31N3. The Labute approximate surface area is 197 Å². The van der Waals surface area contributed by atoms with E-state index in [1.54, 1.807) is 0 Å². The lowest BCUT2D eigenvalue weighted by molar-refractivity contribution is 0.838. The molecule has 0 fully saturated rings. The third-order valence-corrected chi connectivity index (χ3v) is 6.48. The Hall–Kier alpha value is -3.59. The van der Waals surface area contributed by atoms with Crippen LogP contribution >= 0.6 is 0 Å². The summed E-state index contributed by atoms with van der Waals surface area (Å²) in [6.45, 7) is 9.87. The van der Waals surface area contributed by atoms with Gasteiger partial charge in [0.05, 0.1) is 5.69 Å². The lowest BCUT2D eigenvalue weighted by Crippen LogP contribution is -2.24. The predicted octanol–water partition coefficient (Wildman–Crippen LogP) is 8.24. The van der Waals surface area contributed by atoms with E-state index >= 15 is 0 Å². The molecule has 0 saturated heterocycles. The second kappa shape index (κ2) is 8.74. The highest BCUT2D eigenvalue weighted by Crippen LogP contribution is 2.44. The van der Waals surface area contributed by atoms with Gasteiger partial charge in [-0.1, -0.05) is 76.2 Å². The Kier molecular flexibility index (Phi) is 5.63. The number of anilines is 4. The first-order valence-corrected chi connectivity index (χ1v) is 11.8. The van der Waals surface area contributed by atoms with Crippen molar-refractivity contribution in [3.63, 3.8) is 0 Å². The molecule has 3 aromatic carbocycles. The second-order valence-electron chi connectivity index (χ2n) is 9.35. The van der Waals surface area contributed by atoms with Gasteiger partial charge < -0.3 is 9.80 Å². The number of fused-ring (bicyclic) bond motifs is 1. The minimum Gasteiger partial charge on any atom is -0.320 e. The van der Waals surface area contributed by atoms with Crippen molar-refractivity contribution in [3.05, 3.63) is 102 Å². The van der Waals surface area contributed by atoms with E-state index < -0.39 is 0 Å². The van der Waals surface area contributed by atoms with E-state index in [2.05, 4.69) is 116 Å². The highest BCUT2D eigenvalue weighted by atomic mass is 15.4. The summed E-state index contributed by atoms with van der Waals surface area (Å²) in [6.07, 6.45) is 1.88. The van der Waals surface area contributed by atoms with Crippen LogP contribution in [0.15, 0.2) is 91.1 Å². The molecule has 2 heterocycles. The zero-order valence-corrected chi connectivity index (χ0v) is 19.9. The summed E-state index contributed by atoms with van der Waals surface area (Å²) in [5, 5.41) is 0. The van der Waals surface area contributed by atoms with E-state index in [0.29, 0.717) is 11.8 Å². The lowest BCUT2D eigenvalue weighted by atomic mass is 9.85. The average molecular weight is 434 g/mol. The maximum atomic E-state index is 4.77. The minimum atomic E-state index is 0.463. The molecule has 1 aliphatic heterocycles. The van der Waals surface area contributed by atoms with Crippen molar-refractivity contribution < 1.29 is 0 Å². The van der Waals surface area contributed by atoms with Gasteiger partial charge in [-0.05, 0) is 70.5 Å². The third-order valence-electron chi connectivity index (χ3n) is 6.48. The van der Waals surface area contributed by atoms with Gasteiger partial charge >= 0.3 is 0 Å². The van der Waals surface area contributed by atoms with E-state index in [1.807, 2.05) is 12.3 Å². The van der Waals surface area contributed by atoms with Gasteiger partial charge in [-0.3, -0.25) is 0 Å². The van der Waals surface area contributed by atoms with Gasteiger partial charge in [-0.25, -0.2) is 4.98 Å². The lowest BCUT2D eigenvalue weighted by Gasteiger charge is -2.23. The molecule has 0 spiro atoms. The molecule has 0 amide bonds. The molecule has 0 aliphatic carbocycles. The molecule has 1 aromatic heterocycles. The number of hydrogen-bond donors (Lipinski definition) is 0. The summed E-state index contributed by atoms with van der Waals surface area (Å²) in [4.78, 5) is 9.42. The number of nitrogens with zero attached hydrogens (tertiary/aromatic N) is 3. The van der Waals surface area contributed by atoms with Crippen LogP contribution in [0.25, 0.3) is 11.1 Å². The molecule has 0 radical (unpaired) electrons. The molecule has 33 heavy (non-hydrogen) atoms. The van der Waals surface area contributed by atoms with Crippen LogP contribution in [0.1, 0.15) is 50.7 Å². The smallest absolute Gasteiger partial charge is 0.158 e. The SMILES string of the molecule is CC(C)c1cccc(C(C)C)c1-c1cccc(N2CN(c3ccccc3)c3cccnc32)c1. The van der Waals surface area contributed by atoms with Crippen molar-refractivity contribution in [2.45, 2.75) is 39.5 Å². The Morgan fingerprint density at radius 3 is 2.03 bits per heavy atom. The minimum absolute atomic E-state index is 0.463. The Bertz CT molecular complexity index is 1230. The van der Waals surface area contributed by atoms with Crippen LogP contribution < -0.4 is 9.80 Å². The molecule has 0 unspecified atom stereocenters. The molecule has 0 bridgehead atoms. The Morgan fingerprint density at radius 2 is 1.33 bits per heavy atom. The topological polar surface area (TPSA) is 19.4 Å². The molecule has 0 saturated carbocycles. The fourth-order valence-corrected chi connectivity index (χ4v) is 4.84. The predicted molar refractivity (Wildman–Crippen MR) is 140 cm³/mol. The van der Waals surface area contributed by atoms with Crippen LogP contribution in [0.4, 0.5) is 22.9 Å². The van der Waals surface area contributed by atoms with Crippen molar-refractivity contribution >= 4 is 22.9 Å². The number of pyridine rings is 1. The highest BCUT2D eigenvalue weighted by Gasteiger charge is 2.29. The zero-order valence-electron chi connectivity index (χ0n) is 19.9. The van der Waals surface area contributed by atoms with Crippen molar-refractivity contribution in [1.82, 2.24) is 4.98 Å². The first-order chi connectivity index (χ1) is 16.0. The molecule has 3 nitrogen and oxygen atoms in total. The van der Waals surface area contributed by atoms with E-state index in [4.69, 9.17) is 4.98 Å². The quantitative estimate of drug-likeness (QED) is 0.316. The van der Waals surface area contributed by atoms with Gasteiger partial charge in [0, 0.05) is 17.6 Å². The van der Waals surface area contributed by atoms with Crippen LogP contribution in [-0.2, 0) is 0 Å². The van der Waals surface area contributed by atoms with E-state index in [-0.39, 0.29) is 0 Å². The second-order valence-corrected chi connectivity index (χ2v) is 9.35. The van der Waals surface area contributed by atoms with Gasteiger partial charge in [-0.15, -0.1) is 0 Å². The van der Waals surface area contributed by atoms with Crippen LogP contribution in [0.2, 0.25) is 0 Å². The average Bonchev–Trinajstić information content (AvgIpc) is 3.24. The van der Waals surface area contributed by atoms with Crippen molar-refractivity contribution in [2.75, 3.05) is 16.5 Å². The van der Waals surface area contributed by atoms with Gasteiger partial charge in [0.2, 0.25) is 0 Å². The fourth-order valence-electron chi connectivity index (χ4n) is 4.84. The van der Waals surface area contributed by atoms with Gasteiger partial charge in [0.1, 0.15) is 6.67 Å². The molecular weight excluding hydrogens is 402 g/mol. The molecule has 1 aliphatic rings. The zero-order chi connectivity index (χ0) is 22.9. The van der Waals surface area contributed by atoms with E-state index in [9.17, 15) is 0 Å². The van der Waals surface area contributed by atoms with E-state index in [0.717, 1.165) is 18.2 Å². The number of para-hydroxylation sites is 1. The standard InChI is InChI=1S/C30H31N3/c1-21(2)26-15-9-16-27(22(3)4)29(26)23-11-8-14-25(19-23)33-20-32(24-12-6-5-7-13-24)28-17-10-18-31-30(28)33/h5-19,21-22H,20H2,1-4H3. The normalized spacial score (nSPS) is 13.2. The van der Waals surface area contributed by atoms with Crippen LogP contribution in [0.3, 0.4) is 0 Å². The first kappa shape index (κ1) is 21.3. The molecule has 0 atom stereocenters. The van der Waals surface area contributed by atoms with E-state index in [1.165, 1.54) is 33.6 Å². The van der Waals surface area contributed by atoms with Crippen LogP contribution in [-0.4, -0.2) is 11.7 Å². The van der Waals surface area contributed by atoms with Gasteiger partial charge in [0.15, 0.2) is 5.82 Å². The summed E-state index contributed by atoms with van der Waals surface area (Å²) < 4.78 is 0. The first-order valence-electron chi connectivity index (χ1n) is 11.8. The van der Waals surface area contributed by atoms with Crippen molar-refractivity contribution in [2.24, 2.45) is 0 Å². The number of hydrogen-bond acceptors (Lipinski definition) is 3. The maximum Gasteiger partial charge on any atom is 0.158 e. The third kappa shape index (κ3) is 3.89. The maximum absolute atomic E-state index is 4.77. The highest BCUT2D eigenvalue weighted by molar-refractivity contribution is 5.86. The summed E-state index contributed by atoms with van der Waals surface area (Å²) >= 11 is 0. The van der Waals surface area contributed by atoms with Crippen molar-refractivity contribution in [1.29, 1.82) is 0 Å². The molecule has 4 aromatic rings. The molecule has 5 rings (SSSR count). The van der Waals surface area contributed by atoms with Gasteiger partial charge in [-0.2, -0.15) is 0 Å². The molecule has 3 heteroatoms. The number of aromatic nitrogens is 1. The summed E-state index contributed by atoms with van der Waals surface area (Å²) in [5.41, 5.74) is 8.95.